The largest absolute Gasteiger partial charge is 0.384 e. The third-order valence-corrected chi connectivity index (χ3v) is 2.95. The number of hydrogen-bond donors (Lipinski definition) is 2. The number of nitrogens with one attached hydrogen (secondary N) is 1. The molecule has 2 rings (SSSR count). The average Bonchev–Trinajstić information content (AvgIpc) is 2.41. The fraction of sp³-hybridized carbons (Fsp3) is 0.286. The molecule has 0 radical (unpaired) electrons. The summed E-state index contributed by atoms with van der Waals surface area (Å²) in [7, 11) is 1.60. The zero-order valence-corrected chi connectivity index (χ0v) is 12.0. The molecule has 6 heteroatoms. The summed E-state index contributed by atoms with van der Waals surface area (Å²) in [5.41, 5.74) is 6.94. The van der Waals surface area contributed by atoms with Gasteiger partial charge in [0.15, 0.2) is 5.82 Å². The first kappa shape index (κ1) is 14.6. The minimum atomic E-state index is 0.344. The van der Waals surface area contributed by atoms with Crippen LogP contribution in [0, 0.1) is 0 Å². The molecule has 0 fully saturated rings. The Labute approximate surface area is 123 Å². The highest BCUT2D eigenvalue weighted by molar-refractivity contribution is 6.30. The molecular weight excluding hydrogens is 276 g/mol. The lowest BCUT2D eigenvalue weighted by molar-refractivity contribution is 0.178. The lowest BCUT2D eigenvalue weighted by Crippen LogP contribution is -2.09. The van der Waals surface area contributed by atoms with Gasteiger partial charge in [-0.05, 0) is 24.1 Å². The topological polar surface area (TPSA) is 73.1 Å². The molecule has 5 nitrogen and oxygen atoms in total. The van der Waals surface area contributed by atoms with E-state index in [1.807, 2.05) is 24.3 Å². The van der Waals surface area contributed by atoms with Crippen LogP contribution in [0.2, 0.25) is 5.02 Å². The Morgan fingerprint density at radius 2 is 2.00 bits per heavy atom. The van der Waals surface area contributed by atoms with E-state index in [2.05, 4.69) is 15.3 Å². The number of rotatable bonds is 6. The van der Waals surface area contributed by atoms with Crippen molar-refractivity contribution in [2.45, 2.75) is 13.0 Å². The first-order valence-corrected chi connectivity index (χ1v) is 6.66. The number of nitrogen functional groups attached to an aromatic ring is 1. The van der Waals surface area contributed by atoms with Gasteiger partial charge in [0.1, 0.15) is 18.2 Å². The molecule has 1 aromatic carbocycles. The second kappa shape index (κ2) is 7.07. The maximum atomic E-state index is 5.85. The van der Waals surface area contributed by atoms with E-state index < -0.39 is 0 Å². The van der Waals surface area contributed by atoms with Gasteiger partial charge in [0.05, 0.1) is 0 Å². The Morgan fingerprint density at radius 3 is 2.70 bits per heavy atom. The summed E-state index contributed by atoms with van der Waals surface area (Å²) in [5.74, 6) is 1.71. The first-order valence-electron chi connectivity index (χ1n) is 6.28. The molecule has 1 heterocycles. The molecule has 0 spiro atoms. The van der Waals surface area contributed by atoms with Gasteiger partial charge in [-0.1, -0.05) is 23.7 Å². The summed E-state index contributed by atoms with van der Waals surface area (Å²) in [4.78, 5) is 8.41. The normalized spacial score (nSPS) is 10.5. The highest BCUT2D eigenvalue weighted by Gasteiger charge is 2.02. The maximum Gasteiger partial charge on any atom is 0.158 e. The predicted molar refractivity (Wildman–Crippen MR) is 80.8 cm³/mol. The number of hydrogen-bond acceptors (Lipinski definition) is 5. The summed E-state index contributed by atoms with van der Waals surface area (Å²) in [5, 5.41) is 3.97. The molecule has 0 bridgehead atoms. The molecule has 0 aliphatic carbocycles. The molecule has 0 aliphatic heterocycles. The van der Waals surface area contributed by atoms with Crippen LogP contribution in [-0.2, 0) is 17.8 Å². The third kappa shape index (κ3) is 4.36. The zero-order chi connectivity index (χ0) is 14.4. The molecule has 0 saturated carbocycles. The quantitative estimate of drug-likeness (QED) is 0.856. The SMILES string of the molecule is COCc1nc(N)cc(NCCc2ccc(Cl)cc2)n1. The van der Waals surface area contributed by atoms with Crippen LogP contribution < -0.4 is 11.1 Å². The van der Waals surface area contributed by atoms with E-state index in [0.717, 1.165) is 18.0 Å². The minimum Gasteiger partial charge on any atom is -0.384 e. The number of nitrogens with two attached hydrogens (primary N) is 1. The summed E-state index contributed by atoms with van der Waals surface area (Å²) in [6.45, 7) is 1.10. The first-order chi connectivity index (χ1) is 9.67. The number of nitrogens with zero attached hydrogens (tertiary/aromatic N) is 2. The van der Waals surface area contributed by atoms with E-state index >= 15 is 0 Å². The molecule has 3 N–H and O–H groups in total. The molecule has 106 valence electrons. The standard InChI is InChI=1S/C14H17ClN4O/c1-20-9-14-18-12(16)8-13(19-14)17-7-6-10-2-4-11(15)5-3-10/h2-5,8H,6-7,9H2,1H3,(H3,16,17,18,19). The molecule has 0 amide bonds. The van der Waals surface area contributed by atoms with Crippen molar-refractivity contribution in [1.82, 2.24) is 9.97 Å². The molecule has 0 saturated heterocycles. The van der Waals surface area contributed by atoms with E-state index in [1.165, 1.54) is 5.56 Å². The molecular formula is C14H17ClN4O. The van der Waals surface area contributed by atoms with Crippen LogP contribution in [0.15, 0.2) is 30.3 Å². The highest BCUT2D eigenvalue weighted by Crippen LogP contribution is 2.11. The van der Waals surface area contributed by atoms with E-state index in [1.54, 1.807) is 13.2 Å². The van der Waals surface area contributed by atoms with Gasteiger partial charge in [-0.2, -0.15) is 0 Å². The van der Waals surface area contributed by atoms with E-state index in [-0.39, 0.29) is 0 Å². The van der Waals surface area contributed by atoms with Crippen molar-refractivity contribution in [2.75, 3.05) is 24.7 Å². The Bertz CT molecular complexity index is 560. The van der Waals surface area contributed by atoms with Crippen molar-refractivity contribution in [1.29, 1.82) is 0 Å². The monoisotopic (exact) mass is 292 g/mol. The van der Waals surface area contributed by atoms with Crippen molar-refractivity contribution in [3.05, 3.63) is 46.7 Å². The maximum absolute atomic E-state index is 5.85. The highest BCUT2D eigenvalue weighted by atomic mass is 35.5. The molecule has 20 heavy (non-hydrogen) atoms. The van der Waals surface area contributed by atoms with Crippen molar-refractivity contribution < 1.29 is 4.74 Å². The number of benzene rings is 1. The van der Waals surface area contributed by atoms with Crippen LogP contribution in [-0.4, -0.2) is 23.6 Å². The summed E-state index contributed by atoms with van der Waals surface area (Å²) in [6, 6.07) is 9.50. The predicted octanol–water partition coefficient (Wildman–Crippen LogP) is 2.51. The van der Waals surface area contributed by atoms with E-state index in [4.69, 9.17) is 22.1 Å². The van der Waals surface area contributed by atoms with Crippen LogP contribution >= 0.6 is 11.6 Å². The Morgan fingerprint density at radius 1 is 1.25 bits per heavy atom. The number of methoxy groups -OCH3 is 1. The molecule has 0 atom stereocenters. The lowest BCUT2D eigenvalue weighted by Gasteiger charge is -2.08. The second-order valence-electron chi connectivity index (χ2n) is 4.33. The van der Waals surface area contributed by atoms with Crippen LogP contribution in [0.5, 0.6) is 0 Å². The van der Waals surface area contributed by atoms with Gasteiger partial charge in [0.25, 0.3) is 0 Å². The van der Waals surface area contributed by atoms with Gasteiger partial charge in [-0.15, -0.1) is 0 Å². The third-order valence-electron chi connectivity index (χ3n) is 2.70. The van der Waals surface area contributed by atoms with Gasteiger partial charge in [0.2, 0.25) is 0 Å². The molecule has 0 aliphatic rings. The summed E-state index contributed by atoms with van der Waals surface area (Å²) in [6.07, 6.45) is 0.876. The van der Waals surface area contributed by atoms with Crippen LogP contribution in [0.4, 0.5) is 11.6 Å². The van der Waals surface area contributed by atoms with Crippen molar-refractivity contribution in [3.63, 3.8) is 0 Å². The van der Waals surface area contributed by atoms with Gasteiger partial charge >= 0.3 is 0 Å². The second-order valence-corrected chi connectivity index (χ2v) is 4.77. The minimum absolute atomic E-state index is 0.344. The van der Waals surface area contributed by atoms with Crippen LogP contribution in [0.1, 0.15) is 11.4 Å². The summed E-state index contributed by atoms with van der Waals surface area (Å²) >= 11 is 5.85. The zero-order valence-electron chi connectivity index (χ0n) is 11.3. The molecule has 1 aromatic heterocycles. The van der Waals surface area contributed by atoms with Crippen molar-refractivity contribution in [2.24, 2.45) is 0 Å². The van der Waals surface area contributed by atoms with Crippen molar-refractivity contribution >= 4 is 23.2 Å². The molecule has 0 unspecified atom stereocenters. The number of ether oxygens (including phenoxy) is 1. The number of anilines is 2. The Balaban J connectivity index is 1.91. The van der Waals surface area contributed by atoms with Gasteiger partial charge in [-0.3, -0.25) is 0 Å². The summed E-state index contributed by atoms with van der Waals surface area (Å²) < 4.78 is 5.00. The van der Waals surface area contributed by atoms with Gasteiger partial charge < -0.3 is 15.8 Å². The smallest absolute Gasteiger partial charge is 0.158 e. The average molecular weight is 293 g/mol. The Kier molecular flexibility index (Phi) is 5.15. The molecule has 2 aromatic rings. The lowest BCUT2D eigenvalue weighted by atomic mass is 10.1. The van der Waals surface area contributed by atoms with Crippen LogP contribution in [0.3, 0.4) is 0 Å². The fourth-order valence-electron chi connectivity index (χ4n) is 1.79. The van der Waals surface area contributed by atoms with Crippen molar-refractivity contribution in [3.8, 4) is 0 Å². The Hall–Kier alpha value is -1.85. The fourth-order valence-corrected chi connectivity index (χ4v) is 1.91. The van der Waals surface area contributed by atoms with Gasteiger partial charge in [-0.25, -0.2) is 9.97 Å². The van der Waals surface area contributed by atoms with E-state index in [0.29, 0.717) is 24.1 Å². The number of aromatic nitrogens is 2. The van der Waals surface area contributed by atoms with Gasteiger partial charge in [0, 0.05) is 24.7 Å². The number of halogens is 1. The van der Waals surface area contributed by atoms with E-state index in [9.17, 15) is 0 Å². The van der Waals surface area contributed by atoms with Crippen LogP contribution in [0.25, 0.3) is 0 Å².